The zero-order valence-corrected chi connectivity index (χ0v) is 16.0. The number of phenolic OH excluding ortho intramolecular Hbond substituents is 1. The summed E-state index contributed by atoms with van der Waals surface area (Å²) in [7, 11) is 0. The molecular weight excluding hydrogens is 330 g/mol. The highest BCUT2D eigenvalue weighted by Crippen LogP contribution is 2.38. The summed E-state index contributed by atoms with van der Waals surface area (Å²) in [6, 6.07) is 16.8. The van der Waals surface area contributed by atoms with Gasteiger partial charge in [-0.2, -0.15) is 0 Å². The molecule has 4 aromatic carbocycles. The van der Waals surface area contributed by atoms with E-state index in [9.17, 15) is 5.11 Å². The zero-order valence-electron chi connectivity index (χ0n) is 16.0. The molecule has 0 aliphatic heterocycles. The van der Waals surface area contributed by atoms with Crippen LogP contribution in [0, 0.1) is 0 Å². The fraction of sp³-hybridized carbons (Fsp3) is 0.320. The van der Waals surface area contributed by atoms with Crippen LogP contribution in [0.15, 0.2) is 53.5 Å². The van der Waals surface area contributed by atoms with Crippen LogP contribution in [0.3, 0.4) is 0 Å². The topological polar surface area (TPSA) is 32.6 Å². The summed E-state index contributed by atoms with van der Waals surface area (Å²) >= 11 is 0. The van der Waals surface area contributed by atoms with E-state index >= 15 is 0 Å². The summed E-state index contributed by atoms with van der Waals surface area (Å²) in [6.45, 7) is 3.07. The molecule has 2 heteroatoms. The van der Waals surface area contributed by atoms with Crippen LogP contribution in [0.25, 0.3) is 32.3 Å². The van der Waals surface area contributed by atoms with Gasteiger partial charge in [0.05, 0.1) is 0 Å². The largest absolute Gasteiger partial charge is 0.507 e. The molecule has 0 unspecified atom stereocenters. The number of unbranched alkanes of at least 4 members (excludes halogenated alkanes) is 5. The van der Waals surface area contributed by atoms with Crippen molar-refractivity contribution in [3.8, 4) is 5.75 Å². The van der Waals surface area contributed by atoms with Crippen LogP contribution < -0.4 is 0 Å². The Balaban J connectivity index is 1.63. The third-order valence-corrected chi connectivity index (χ3v) is 5.53. The van der Waals surface area contributed by atoms with Crippen LogP contribution in [0.1, 0.15) is 51.0 Å². The highest BCUT2D eigenvalue weighted by Gasteiger charge is 2.13. The molecule has 0 radical (unpaired) electrons. The Hall–Kier alpha value is -2.61. The Morgan fingerprint density at radius 1 is 0.815 bits per heavy atom. The van der Waals surface area contributed by atoms with Crippen molar-refractivity contribution >= 4 is 38.5 Å². The van der Waals surface area contributed by atoms with Crippen molar-refractivity contribution in [2.24, 2.45) is 4.99 Å². The van der Waals surface area contributed by atoms with E-state index in [-0.39, 0.29) is 0 Å². The molecule has 0 heterocycles. The first-order chi connectivity index (χ1) is 13.3. The Morgan fingerprint density at radius 2 is 1.52 bits per heavy atom. The molecule has 0 fully saturated rings. The molecule has 0 atom stereocenters. The molecule has 0 aromatic heterocycles. The minimum Gasteiger partial charge on any atom is -0.507 e. The molecule has 0 aliphatic carbocycles. The molecule has 4 rings (SSSR count). The van der Waals surface area contributed by atoms with Gasteiger partial charge in [0, 0.05) is 18.3 Å². The van der Waals surface area contributed by atoms with Gasteiger partial charge in [-0.1, -0.05) is 81.5 Å². The van der Waals surface area contributed by atoms with Crippen LogP contribution in [0.5, 0.6) is 5.75 Å². The van der Waals surface area contributed by atoms with Gasteiger partial charge in [-0.05, 0) is 44.8 Å². The van der Waals surface area contributed by atoms with E-state index in [0.717, 1.165) is 29.3 Å². The van der Waals surface area contributed by atoms with Crippen molar-refractivity contribution < 1.29 is 5.11 Å². The van der Waals surface area contributed by atoms with Crippen molar-refractivity contribution in [2.45, 2.75) is 45.4 Å². The smallest absolute Gasteiger partial charge is 0.125 e. The van der Waals surface area contributed by atoms with Crippen molar-refractivity contribution in [1.82, 2.24) is 0 Å². The lowest BCUT2D eigenvalue weighted by Crippen LogP contribution is -1.92. The maximum atomic E-state index is 10.6. The molecule has 1 N–H and O–H groups in total. The van der Waals surface area contributed by atoms with Gasteiger partial charge in [0.15, 0.2) is 0 Å². The normalized spacial score (nSPS) is 12.2. The quantitative estimate of drug-likeness (QED) is 0.204. The first-order valence-corrected chi connectivity index (χ1v) is 10.2. The second-order valence-electron chi connectivity index (χ2n) is 7.47. The maximum Gasteiger partial charge on any atom is 0.125 e. The van der Waals surface area contributed by atoms with Gasteiger partial charge in [0.2, 0.25) is 0 Å². The van der Waals surface area contributed by atoms with Gasteiger partial charge >= 0.3 is 0 Å². The maximum absolute atomic E-state index is 10.6. The number of phenols is 1. The third kappa shape index (κ3) is 3.49. The Labute approximate surface area is 160 Å². The fourth-order valence-corrected chi connectivity index (χ4v) is 4.09. The predicted octanol–water partition coefficient (Wildman–Crippen LogP) is 7.07. The van der Waals surface area contributed by atoms with Crippen LogP contribution in [-0.2, 0) is 0 Å². The molecular formula is C25H27NO. The minimum atomic E-state index is 0.313. The molecule has 0 saturated carbocycles. The SMILES string of the molecule is CCCCCCCCN=Cc1c(O)cc2ccc3cccc4ccc1c2c34. The van der Waals surface area contributed by atoms with Crippen LogP contribution >= 0.6 is 0 Å². The number of aromatic hydroxyl groups is 1. The molecule has 138 valence electrons. The molecule has 2 nitrogen and oxygen atoms in total. The zero-order chi connectivity index (χ0) is 18.6. The molecule has 0 aliphatic rings. The summed E-state index contributed by atoms with van der Waals surface area (Å²) in [5.74, 6) is 0.313. The number of rotatable bonds is 8. The standard InChI is InChI=1S/C25H27NO/c1-2-3-4-5-6-7-15-26-17-22-21-14-13-19-10-8-9-18-11-12-20(16-23(22)27)25(21)24(18)19/h8-14,16-17,27H,2-7,15H2,1H3. The average molecular weight is 357 g/mol. The van der Waals surface area contributed by atoms with Crippen molar-refractivity contribution in [3.63, 3.8) is 0 Å². The van der Waals surface area contributed by atoms with Gasteiger partial charge in [0.1, 0.15) is 5.75 Å². The molecule has 0 saturated heterocycles. The number of hydrogen-bond donors (Lipinski definition) is 1. The van der Waals surface area contributed by atoms with E-state index in [0.29, 0.717) is 5.75 Å². The monoisotopic (exact) mass is 357 g/mol. The van der Waals surface area contributed by atoms with Crippen molar-refractivity contribution in [2.75, 3.05) is 6.54 Å². The molecule has 0 bridgehead atoms. The number of nitrogens with zero attached hydrogens (tertiary/aromatic N) is 1. The highest BCUT2D eigenvalue weighted by molar-refractivity contribution is 6.26. The van der Waals surface area contributed by atoms with E-state index in [1.807, 2.05) is 12.3 Å². The summed E-state index contributed by atoms with van der Waals surface area (Å²) < 4.78 is 0. The van der Waals surface area contributed by atoms with Crippen LogP contribution in [-0.4, -0.2) is 17.9 Å². The van der Waals surface area contributed by atoms with Crippen LogP contribution in [0.2, 0.25) is 0 Å². The first-order valence-electron chi connectivity index (χ1n) is 10.2. The molecule has 0 amide bonds. The van der Waals surface area contributed by atoms with Crippen molar-refractivity contribution in [1.29, 1.82) is 0 Å². The Morgan fingerprint density at radius 3 is 2.33 bits per heavy atom. The third-order valence-electron chi connectivity index (χ3n) is 5.53. The highest BCUT2D eigenvalue weighted by atomic mass is 16.3. The second-order valence-corrected chi connectivity index (χ2v) is 7.47. The molecule has 27 heavy (non-hydrogen) atoms. The van der Waals surface area contributed by atoms with E-state index in [1.54, 1.807) is 0 Å². The fourth-order valence-electron chi connectivity index (χ4n) is 4.09. The van der Waals surface area contributed by atoms with E-state index in [2.05, 4.69) is 54.4 Å². The lowest BCUT2D eigenvalue weighted by Gasteiger charge is -2.13. The molecule has 4 aromatic rings. The summed E-state index contributed by atoms with van der Waals surface area (Å²) in [5.41, 5.74) is 0.840. The van der Waals surface area contributed by atoms with E-state index in [4.69, 9.17) is 0 Å². The van der Waals surface area contributed by atoms with E-state index < -0.39 is 0 Å². The van der Waals surface area contributed by atoms with Gasteiger partial charge in [-0.3, -0.25) is 4.99 Å². The summed E-state index contributed by atoms with van der Waals surface area (Å²) in [6.07, 6.45) is 9.47. The number of aliphatic imine (C=N–C) groups is 1. The number of hydrogen-bond acceptors (Lipinski definition) is 2. The van der Waals surface area contributed by atoms with Crippen LogP contribution in [0.4, 0.5) is 0 Å². The Bertz CT molecular complexity index is 1060. The van der Waals surface area contributed by atoms with Gasteiger partial charge in [-0.15, -0.1) is 0 Å². The first kappa shape index (κ1) is 17.8. The second kappa shape index (κ2) is 7.96. The molecule has 0 spiro atoms. The predicted molar refractivity (Wildman–Crippen MR) is 118 cm³/mol. The lowest BCUT2D eigenvalue weighted by atomic mass is 9.92. The summed E-state index contributed by atoms with van der Waals surface area (Å²) in [4.78, 5) is 4.62. The van der Waals surface area contributed by atoms with Gasteiger partial charge in [-0.25, -0.2) is 0 Å². The minimum absolute atomic E-state index is 0.313. The summed E-state index contributed by atoms with van der Waals surface area (Å²) in [5, 5.41) is 17.7. The Kier molecular flexibility index (Phi) is 5.24. The lowest BCUT2D eigenvalue weighted by molar-refractivity contribution is 0.476. The van der Waals surface area contributed by atoms with Crippen molar-refractivity contribution in [3.05, 3.63) is 54.1 Å². The van der Waals surface area contributed by atoms with Gasteiger partial charge in [0.25, 0.3) is 0 Å². The van der Waals surface area contributed by atoms with Gasteiger partial charge < -0.3 is 5.11 Å². The van der Waals surface area contributed by atoms with E-state index in [1.165, 1.54) is 53.6 Å². The number of benzene rings is 4. The average Bonchev–Trinajstić information content (AvgIpc) is 2.69.